The second-order valence-corrected chi connectivity index (χ2v) is 8.45. The van der Waals surface area contributed by atoms with Gasteiger partial charge in [0.15, 0.2) is 0 Å². The minimum Gasteiger partial charge on any atom is -0.383 e. The Morgan fingerprint density at radius 2 is 1.78 bits per heavy atom. The number of aromatic amines is 1. The molecule has 1 aliphatic rings. The zero-order valence-corrected chi connectivity index (χ0v) is 17.8. The second kappa shape index (κ2) is 8.03. The molecule has 9 heteroatoms. The summed E-state index contributed by atoms with van der Waals surface area (Å²) in [5, 5.41) is 0.577. The van der Waals surface area contributed by atoms with Gasteiger partial charge >= 0.3 is 0 Å². The number of aromatic nitrogens is 3. The molecule has 2 aromatic carbocycles. The lowest BCUT2D eigenvalue weighted by Crippen LogP contribution is -2.40. The van der Waals surface area contributed by atoms with Gasteiger partial charge in [0.25, 0.3) is 0 Å². The quantitative estimate of drug-likeness (QED) is 0.415. The highest BCUT2D eigenvalue weighted by Gasteiger charge is 2.26. The number of hydrogen-bond donors (Lipinski definition) is 3. The van der Waals surface area contributed by atoms with Crippen LogP contribution in [0.15, 0.2) is 42.6 Å². The van der Waals surface area contributed by atoms with Gasteiger partial charge in [-0.2, -0.15) is 0 Å². The number of fused-ring (bicyclic) bond motifs is 1. The maximum absolute atomic E-state index is 14.1. The van der Waals surface area contributed by atoms with Gasteiger partial charge in [-0.05, 0) is 48.7 Å². The number of imidazole rings is 1. The molecule has 6 nitrogen and oxygen atoms in total. The first-order chi connectivity index (χ1) is 15.4. The molecule has 0 unspecified atom stereocenters. The number of nitrogen functional groups attached to an aromatic ring is 1. The third-order valence-electron chi connectivity index (χ3n) is 5.79. The molecule has 32 heavy (non-hydrogen) atoms. The first-order valence-corrected chi connectivity index (χ1v) is 10.7. The third kappa shape index (κ3) is 3.76. The molecular weight excluding hydrogens is 434 g/mol. The molecular formula is C23H21ClF2N6. The highest BCUT2D eigenvalue weighted by atomic mass is 35.5. The molecule has 0 bridgehead atoms. The van der Waals surface area contributed by atoms with Gasteiger partial charge in [-0.3, -0.25) is 0 Å². The molecule has 2 aromatic heterocycles. The van der Waals surface area contributed by atoms with Crippen LogP contribution in [-0.4, -0.2) is 34.1 Å². The summed E-state index contributed by atoms with van der Waals surface area (Å²) < 4.78 is 28.1. The molecule has 5 rings (SSSR count). The van der Waals surface area contributed by atoms with E-state index in [9.17, 15) is 8.78 Å². The number of halogens is 3. The van der Waals surface area contributed by atoms with E-state index in [2.05, 4.69) is 14.9 Å². The van der Waals surface area contributed by atoms with Crippen molar-refractivity contribution >= 4 is 34.1 Å². The molecule has 1 aliphatic heterocycles. The standard InChI is InChI=1S/C23H21ClF2N6/c24-13-1-2-18-19(9-13)31-23(30-18)20-21(32-5-3-16(27)4-6-32)17(11-29-22(20)28)12-7-14(25)10-15(26)8-12/h1-2,7-11,16H,3-6,27H2,(H2,28,29)(H,30,31). The molecule has 3 heterocycles. The summed E-state index contributed by atoms with van der Waals surface area (Å²) in [5.41, 5.74) is 16.2. The van der Waals surface area contributed by atoms with Crippen molar-refractivity contribution in [1.29, 1.82) is 0 Å². The van der Waals surface area contributed by atoms with Crippen LogP contribution in [0.25, 0.3) is 33.5 Å². The lowest BCUT2D eigenvalue weighted by molar-refractivity contribution is 0.501. The van der Waals surface area contributed by atoms with E-state index in [0.717, 1.165) is 35.6 Å². The maximum atomic E-state index is 14.1. The van der Waals surface area contributed by atoms with Gasteiger partial charge in [0.05, 0.1) is 22.3 Å². The van der Waals surface area contributed by atoms with E-state index < -0.39 is 11.6 Å². The van der Waals surface area contributed by atoms with E-state index in [4.69, 9.17) is 28.1 Å². The predicted octanol–water partition coefficient (Wildman–Crippen LogP) is 4.73. The molecule has 164 valence electrons. The Hall–Kier alpha value is -3.23. The summed E-state index contributed by atoms with van der Waals surface area (Å²) in [6.45, 7) is 1.35. The highest BCUT2D eigenvalue weighted by molar-refractivity contribution is 6.31. The Bertz CT molecular complexity index is 1290. The molecule has 5 N–H and O–H groups in total. The van der Waals surface area contributed by atoms with Crippen LogP contribution >= 0.6 is 11.6 Å². The van der Waals surface area contributed by atoms with E-state index in [1.165, 1.54) is 12.1 Å². The maximum Gasteiger partial charge on any atom is 0.144 e. The van der Waals surface area contributed by atoms with Gasteiger partial charge in [0.1, 0.15) is 23.3 Å². The normalized spacial score (nSPS) is 14.9. The minimum atomic E-state index is -0.664. The molecule has 0 amide bonds. The van der Waals surface area contributed by atoms with E-state index in [1.807, 2.05) is 6.07 Å². The SMILES string of the molecule is Nc1ncc(-c2cc(F)cc(F)c2)c(N2CCC(N)CC2)c1-c1nc2ccc(Cl)cc2[nH]1. The van der Waals surface area contributed by atoms with Crippen LogP contribution in [0.3, 0.4) is 0 Å². The zero-order valence-electron chi connectivity index (χ0n) is 17.1. The second-order valence-electron chi connectivity index (χ2n) is 8.01. The fourth-order valence-electron chi connectivity index (χ4n) is 4.22. The molecule has 1 saturated heterocycles. The van der Waals surface area contributed by atoms with Crippen molar-refractivity contribution in [3.8, 4) is 22.5 Å². The van der Waals surface area contributed by atoms with Crippen molar-refractivity contribution in [2.75, 3.05) is 23.7 Å². The molecule has 0 aliphatic carbocycles. The fraction of sp³-hybridized carbons (Fsp3) is 0.217. The number of H-pyrrole nitrogens is 1. The average Bonchev–Trinajstić information content (AvgIpc) is 3.16. The summed E-state index contributed by atoms with van der Waals surface area (Å²) in [6.07, 6.45) is 3.12. The fourth-order valence-corrected chi connectivity index (χ4v) is 4.39. The number of anilines is 2. The van der Waals surface area contributed by atoms with Gasteiger partial charge in [0, 0.05) is 42.0 Å². The molecule has 1 fully saturated rings. The van der Waals surface area contributed by atoms with E-state index in [1.54, 1.807) is 18.3 Å². The van der Waals surface area contributed by atoms with Crippen LogP contribution in [-0.2, 0) is 0 Å². The van der Waals surface area contributed by atoms with Crippen molar-refractivity contribution in [2.45, 2.75) is 18.9 Å². The molecule has 0 atom stereocenters. The molecule has 0 saturated carbocycles. The number of pyridine rings is 1. The van der Waals surface area contributed by atoms with Crippen LogP contribution < -0.4 is 16.4 Å². The van der Waals surface area contributed by atoms with Gasteiger partial charge in [-0.25, -0.2) is 18.7 Å². The Balaban J connectivity index is 1.76. The molecule has 0 spiro atoms. The first-order valence-electron chi connectivity index (χ1n) is 10.3. The topological polar surface area (TPSA) is 96.8 Å². The highest BCUT2D eigenvalue weighted by Crippen LogP contribution is 2.42. The summed E-state index contributed by atoms with van der Waals surface area (Å²) in [5.74, 6) is -0.553. The van der Waals surface area contributed by atoms with Gasteiger partial charge in [-0.15, -0.1) is 0 Å². The van der Waals surface area contributed by atoms with Crippen molar-refractivity contribution in [1.82, 2.24) is 15.0 Å². The summed E-state index contributed by atoms with van der Waals surface area (Å²) >= 11 is 6.13. The van der Waals surface area contributed by atoms with Crippen molar-refractivity contribution in [3.63, 3.8) is 0 Å². The van der Waals surface area contributed by atoms with E-state index in [-0.39, 0.29) is 11.9 Å². The zero-order chi connectivity index (χ0) is 22.4. The monoisotopic (exact) mass is 454 g/mol. The van der Waals surface area contributed by atoms with Crippen LogP contribution in [0.1, 0.15) is 12.8 Å². The van der Waals surface area contributed by atoms with Crippen molar-refractivity contribution in [2.24, 2.45) is 5.73 Å². The number of nitrogens with zero attached hydrogens (tertiary/aromatic N) is 3. The lowest BCUT2D eigenvalue weighted by Gasteiger charge is -2.34. The number of nitrogens with two attached hydrogens (primary N) is 2. The van der Waals surface area contributed by atoms with E-state index >= 15 is 0 Å². The van der Waals surface area contributed by atoms with E-state index in [0.29, 0.717) is 40.6 Å². The van der Waals surface area contributed by atoms with Gasteiger partial charge in [0.2, 0.25) is 0 Å². The van der Waals surface area contributed by atoms with Crippen LogP contribution in [0, 0.1) is 11.6 Å². The van der Waals surface area contributed by atoms with Crippen LogP contribution in [0.5, 0.6) is 0 Å². The van der Waals surface area contributed by atoms with Crippen molar-refractivity contribution in [3.05, 3.63) is 59.3 Å². The predicted molar refractivity (Wildman–Crippen MR) is 124 cm³/mol. The Morgan fingerprint density at radius 3 is 2.50 bits per heavy atom. The Labute approximate surface area is 188 Å². The first kappa shape index (κ1) is 20.7. The summed E-state index contributed by atoms with van der Waals surface area (Å²) in [7, 11) is 0. The van der Waals surface area contributed by atoms with Crippen LogP contribution in [0.4, 0.5) is 20.3 Å². The number of hydrogen-bond acceptors (Lipinski definition) is 5. The average molecular weight is 455 g/mol. The van der Waals surface area contributed by atoms with Crippen molar-refractivity contribution < 1.29 is 8.78 Å². The van der Waals surface area contributed by atoms with Gasteiger partial charge < -0.3 is 21.4 Å². The largest absolute Gasteiger partial charge is 0.383 e. The Kier molecular flexibility index (Phi) is 5.19. The summed E-state index contributed by atoms with van der Waals surface area (Å²) in [6, 6.07) is 8.88. The number of nitrogens with one attached hydrogen (secondary N) is 1. The molecule has 4 aromatic rings. The van der Waals surface area contributed by atoms with Gasteiger partial charge in [-0.1, -0.05) is 11.6 Å². The number of rotatable bonds is 3. The summed E-state index contributed by atoms with van der Waals surface area (Å²) in [4.78, 5) is 14.4. The number of piperidine rings is 1. The van der Waals surface area contributed by atoms with Crippen LogP contribution in [0.2, 0.25) is 5.02 Å². The molecule has 0 radical (unpaired) electrons. The lowest BCUT2D eigenvalue weighted by atomic mass is 9.97. The smallest absolute Gasteiger partial charge is 0.144 e. The number of benzene rings is 2. The minimum absolute atomic E-state index is 0.109. The Morgan fingerprint density at radius 1 is 1.06 bits per heavy atom. The third-order valence-corrected chi connectivity index (χ3v) is 6.03.